The van der Waals surface area contributed by atoms with Crippen LogP contribution in [0.3, 0.4) is 0 Å². The van der Waals surface area contributed by atoms with Gasteiger partial charge in [-0.25, -0.2) is 4.79 Å². The van der Waals surface area contributed by atoms with Crippen molar-refractivity contribution in [3.63, 3.8) is 0 Å². The van der Waals surface area contributed by atoms with Gasteiger partial charge in [0.15, 0.2) is 0 Å². The Morgan fingerprint density at radius 3 is 2.36 bits per heavy atom. The number of carboxylic acids is 1. The molecule has 4 heteroatoms. The molecule has 0 saturated heterocycles. The number of hydrogen-bond acceptors (Lipinski definition) is 2. The van der Waals surface area contributed by atoms with E-state index in [9.17, 15) is 4.79 Å². The van der Waals surface area contributed by atoms with Crippen molar-refractivity contribution in [2.75, 3.05) is 0 Å². The third-order valence-corrected chi connectivity index (χ3v) is 1.63. The Kier molecular flexibility index (Phi) is 5.60. The summed E-state index contributed by atoms with van der Waals surface area (Å²) in [5.74, 6) is -0.942. The van der Waals surface area contributed by atoms with E-state index in [1.165, 1.54) is 0 Å². The van der Waals surface area contributed by atoms with Crippen molar-refractivity contribution >= 4 is 24.5 Å². The molecule has 1 aromatic carbocycles. The van der Waals surface area contributed by atoms with Gasteiger partial charge in [0.2, 0.25) is 0 Å². The van der Waals surface area contributed by atoms with Crippen LogP contribution in [-0.2, 0) is 11.3 Å². The fraction of sp³-hybridized carbons (Fsp3) is 0.100. The Morgan fingerprint density at radius 2 is 1.93 bits per heavy atom. The lowest BCUT2D eigenvalue weighted by Crippen LogP contribution is -1.95. The first kappa shape index (κ1) is 12.7. The molecule has 0 fully saturated rings. The van der Waals surface area contributed by atoms with Crippen molar-refractivity contribution in [3.05, 3.63) is 41.5 Å². The lowest BCUT2D eigenvalue weighted by Gasteiger charge is -1.96. The summed E-state index contributed by atoms with van der Waals surface area (Å²) in [4.78, 5) is 10.2. The van der Waals surface area contributed by atoms with Crippen LogP contribution in [0.5, 0.6) is 0 Å². The quantitative estimate of drug-likeness (QED) is 0.751. The zero-order chi connectivity index (χ0) is 9.68. The summed E-state index contributed by atoms with van der Waals surface area (Å²) in [5.41, 5.74) is 7.31. The van der Waals surface area contributed by atoms with Crippen LogP contribution >= 0.6 is 12.4 Å². The van der Waals surface area contributed by atoms with E-state index in [0.717, 1.165) is 17.2 Å². The lowest BCUT2D eigenvalue weighted by molar-refractivity contribution is -0.131. The molecule has 0 heterocycles. The highest BCUT2D eigenvalue weighted by atomic mass is 35.5. The summed E-state index contributed by atoms with van der Waals surface area (Å²) in [6.45, 7) is 0.503. The molecule has 0 aliphatic carbocycles. The SMILES string of the molecule is Cl.NCc1ccc(C=CC(=O)O)cc1. The molecule has 0 atom stereocenters. The summed E-state index contributed by atoms with van der Waals surface area (Å²) < 4.78 is 0. The molecule has 0 saturated carbocycles. The average Bonchev–Trinajstić information content (AvgIpc) is 2.15. The molecular formula is C10H12ClNO2. The molecular weight excluding hydrogens is 202 g/mol. The van der Waals surface area contributed by atoms with Crippen molar-refractivity contribution < 1.29 is 9.90 Å². The van der Waals surface area contributed by atoms with Crippen molar-refractivity contribution in [2.24, 2.45) is 5.73 Å². The summed E-state index contributed by atoms with van der Waals surface area (Å²) in [5, 5.41) is 8.37. The first-order valence-electron chi connectivity index (χ1n) is 3.92. The molecule has 0 amide bonds. The summed E-state index contributed by atoms with van der Waals surface area (Å²) >= 11 is 0. The normalized spacial score (nSPS) is 9.79. The van der Waals surface area contributed by atoms with E-state index in [1.807, 2.05) is 24.3 Å². The third kappa shape index (κ3) is 4.07. The zero-order valence-corrected chi connectivity index (χ0v) is 8.33. The third-order valence-electron chi connectivity index (χ3n) is 1.63. The van der Waals surface area contributed by atoms with Crippen LogP contribution in [0.2, 0.25) is 0 Å². The van der Waals surface area contributed by atoms with Gasteiger partial charge in [0.05, 0.1) is 0 Å². The monoisotopic (exact) mass is 213 g/mol. The van der Waals surface area contributed by atoms with Crippen LogP contribution in [0.1, 0.15) is 11.1 Å². The molecule has 0 radical (unpaired) electrons. The van der Waals surface area contributed by atoms with Crippen LogP contribution in [0.25, 0.3) is 6.08 Å². The summed E-state index contributed by atoms with van der Waals surface area (Å²) in [6, 6.07) is 7.42. The minimum Gasteiger partial charge on any atom is -0.478 e. The Balaban J connectivity index is 0.00000169. The van der Waals surface area contributed by atoms with Gasteiger partial charge in [-0.2, -0.15) is 0 Å². The zero-order valence-electron chi connectivity index (χ0n) is 7.51. The van der Waals surface area contributed by atoms with Crippen LogP contribution < -0.4 is 5.73 Å². The fourth-order valence-corrected chi connectivity index (χ4v) is 0.932. The molecule has 1 rings (SSSR count). The molecule has 76 valence electrons. The van der Waals surface area contributed by atoms with Gasteiger partial charge in [0.25, 0.3) is 0 Å². The smallest absolute Gasteiger partial charge is 0.328 e. The van der Waals surface area contributed by atoms with E-state index in [2.05, 4.69) is 0 Å². The highest BCUT2D eigenvalue weighted by Gasteiger charge is 1.90. The van der Waals surface area contributed by atoms with Crippen LogP contribution in [0.15, 0.2) is 30.3 Å². The molecule has 3 N–H and O–H groups in total. The average molecular weight is 214 g/mol. The number of rotatable bonds is 3. The maximum atomic E-state index is 10.2. The molecule has 0 spiro atoms. The molecule has 0 aromatic heterocycles. The van der Waals surface area contributed by atoms with E-state index < -0.39 is 5.97 Å². The van der Waals surface area contributed by atoms with Crippen molar-refractivity contribution in [2.45, 2.75) is 6.54 Å². The van der Waals surface area contributed by atoms with Gasteiger partial charge in [0.1, 0.15) is 0 Å². The number of aliphatic carboxylic acids is 1. The van der Waals surface area contributed by atoms with E-state index in [-0.39, 0.29) is 12.4 Å². The topological polar surface area (TPSA) is 63.3 Å². The molecule has 1 aromatic rings. The van der Waals surface area contributed by atoms with Crippen molar-refractivity contribution in [1.29, 1.82) is 0 Å². The lowest BCUT2D eigenvalue weighted by atomic mass is 10.1. The van der Waals surface area contributed by atoms with Gasteiger partial charge in [-0.3, -0.25) is 0 Å². The van der Waals surface area contributed by atoms with Crippen molar-refractivity contribution in [3.8, 4) is 0 Å². The number of hydrogen-bond donors (Lipinski definition) is 2. The molecule has 3 nitrogen and oxygen atoms in total. The Labute approximate surface area is 88.7 Å². The number of carboxylic acid groups (broad SMARTS) is 1. The number of carbonyl (C=O) groups is 1. The predicted octanol–water partition coefficient (Wildman–Crippen LogP) is 1.66. The first-order chi connectivity index (χ1) is 6.22. The minimum atomic E-state index is -0.942. The van der Waals surface area contributed by atoms with Crippen LogP contribution in [0, 0.1) is 0 Å². The number of nitrogens with two attached hydrogens (primary N) is 1. The van der Waals surface area contributed by atoms with E-state index in [0.29, 0.717) is 6.54 Å². The van der Waals surface area contributed by atoms with Gasteiger partial charge in [0, 0.05) is 12.6 Å². The van der Waals surface area contributed by atoms with Gasteiger partial charge >= 0.3 is 5.97 Å². The maximum absolute atomic E-state index is 10.2. The van der Waals surface area contributed by atoms with Gasteiger partial charge in [-0.1, -0.05) is 24.3 Å². The van der Waals surface area contributed by atoms with Gasteiger partial charge in [-0.15, -0.1) is 12.4 Å². The summed E-state index contributed by atoms with van der Waals surface area (Å²) in [7, 11) is 0. The standard InChI is InChI=1S/C10H11NO2.ClH/c11-7-9-3-1-8(2-4-9)5-6-10(12)13;/h1-6H,7,11H2,(H,12,13);1H. The van der Waals surface area contributed by atoms with Gasteiger partial charge in [-0.05, 0) is 17.2 Å². The molecule has 0 unspecified atom stereocenters. The maximum Gasteiger partial charge on any atom is 0.328 e. The molecule has 0 bridgehead atoms. The largest absolute Gasteiger partial charge is 0.478 e. The number of benzene rings is 1. The van der Waals surface area contributed by atoms with Gasteiger partial charge < -0.3 is 10.8 Å². The highest BCUT2D eigenvalue weighted by Crippen LogP contribution is 2.05. The summed E-state index contributed by atoms with van der Waals surface area (Å²) in [6.07, 6.45) is 2.65. The highest BCUT2D eigenvalue weighted by molar-refractivity contribution is 5.85. The van der Waals surface area contributed by atoms with Crippen LogP contribution in [0.4, 0.5) is 0 Å². The second-order valence-electron chi connectivity index (χ2n) is 2.62. The van der Waals surface area contributed by atoms with E-state index in [4.69, 9.17) is 10.8 Å². The molecule has 0 aliphatic heterocycles. The molecule has 14 heavy (non-hydrogen) atoms. The molecule has 0 aliphatic rings. The fourth-order valence-electron chi connectivity index (χ4n) is 0.932. The second kappa shape index (κ2) is 6.18. The Bertz CT molecular complexity index is 319. The Hall–Kier alpha value is -1.32. The van der Waals surface area contributed by atoms with E-state index in [1.54, 1.807) is 6.08 Å². The minimum absolute atomic E-state index is 0. The van der Waals surface area contributed by atoms with Crippen molar-refractivity contribution in [1.82, 2.24) is 0 Å². The van der Waals surface area contributed by atoms with Crippen LogP contribution in [-0.4, -0.2) is 11.1 Å². The second-order valence-corrected chi connectivity index (χ2v) is 2.62. The first-order valence-corrected chi connectivity index (χ1v) is 3.92. The Morgan fingerprint density at radius 1 is 1.36 bits per heavy atom. The number of halogens is 1. The predicted molar refractivity (Wildman–Crippen MR) is 58.3 cm³/mol. The van der Waals surface area contributed by atoms with E-state index >= 15 is 0 Å².